The van der Waals surface area contributed by atoms with Crippen LogP contribution >= 0.6 is 0 Å². The summed E-state index contributed by atoms with van der Waals surface area (Å²) in [5.74, 6) is 0.448. The number of fused-ring (bicyclic) bond motifs is 1. The summed E-state index contributed by atoms with van der Waals surface area (Å²) in [5, 5.41) is 18.4. The third kappa shape index (κ3) is 4.00. The maximum Gasteiger partial charge on any atom is 0.0999 e. The van der Waals surface area contributed by atoms with Crippen LogP contribution in [0, 0.1) is 5.92 Å². The lowest BCUT2D eigenvalue weighted by Gasteiger charge is -2.29. The number of aliphatic hydroxyl groups is 1. The first-order valence-electron chi connectivity index (χ1n) is 10.6. The Labute approximate surface area is 176 Å². The molecule has 0 amide bonds. The third-order valence-corrected chi connectivity index (χ3v) is 5.86. The molecule has 3 aromatic heterocycles. The van der Waals surface area contributed by atoms with Crippen molar-refractivity contribution in [2.45, 2.75) is 51.7 Å². The highest BCUT2D eigenvalue weighted by Gasteiger charge is 2.26. The third-order valence-electron chi connectivity index (χ3n) is 5.86. The van der Waals surface area contributed by atoms with E-state index in [0.29, 0.717) is 24.2 Å². The quantitative estimate of drug-likeness (QED) is 0.558. The molecule has 8 nitrogen and oxygen atoms in total. The molecule has 4 rings (SSSR count). The van der Waals surface area contributed by atoms with Crippen LogP contribution in [0.25, 0.3) is 22.3 Å². The zero-order chi connectivity index (χ0) is 21.1. The van der Waals surface area contributed by atoms with E-state index in [2.05, 4.69) is 35.2 Å². The minimum atomic E-state index is -0.165. The molecule has 3 aromatic rings. The zero-order valence-electron chi connectivity index (χ0n) is 17.5. The fourth-order valence-corrected chi connectivity index (χ4v) is 3.95. The molecule has 8 heteroatoms. The van der Waals surface area contributed by atoms with E-state index in [1.165, 1.54) is 6.20 Å². The van der Waals surface area contributed by atoms with Crippen LogP contribution in [-0.2, 0) is 0 Å². The van der Waals surface area contributed by atoms with Crippen LogP contribution in [0.4, 0.5) is 0 Å². The van der Waals surface area contributed by atoms with Gasteiger partial charge in [-0.05, 0) is 37.7 Å². The van der Waals surface area contributed by atoms with Gasteiger partial charge in [0.05, 0.1) is 47.6 Å². The Hall–Kier alpha value is -3.00. The van der Waals surface area contributed by atoms with E-state index < -0.39 is 0 Å². The van der Waals surface area contributed by atoms with Crippen LogP contribution in [-0.4, -0.2) is 48.3 Å². The zero-order valence-corrected chi connectivity index (χ0v) is 17.5. The molecule has 1 fully saturated rings. The molecule has 3 heterocycles. The van der Waals surface area contributed by atoms with Crippen LogP contribution in [0.2, 0.25) is 0 Å². The van der Waals surface area contributed by atoms with E-state index in [-0.39, 0.29) is 6.10 Å². The van der Waals surface area contributed by atoms with Gasteiger partial charge in [-0.15, -0.1) is 0 Å². The molecule has 0 aromatic carbocycles. The van der Waals surface area contributed by atoms with Gasteiger partial charge < -0.3 is 10.8 Å². The molecule has 1 aliphatic carbocycles. The largest absolute Gasteiger partial charge is 0.404 e. The maximum atomic E-state index is 9.43. The molecule has 30 heavy (non-hydrogen) atoms. The Morgan fingerprint density at radius 2 is 2.10 bits per heavy atom. The molecule has 158 valence electrons. The fraction of sp³-hybridized carbons (Fsp3) is 0.455. The molecular weight excluding hydrogens is 378 g/mol. The smallest absolute Gasteiger partial charge is 0.0999 e. The molecular formula is C22H29N7O. The number of nitrogens with zero attached hydrogens (tertiary/aromatic N) is 6. The highest BCUT2D eigenvalue weighted by Crippen LogP contribution is 2.28. The van der Waals surface area contributed by atoms with Gasteiger partial charge in [0.15, 0.2) is 0 Å². The average molecular weight is 408 g/mol. The van der Waals surface area contributed by atoms with E-state index in [1.54, 1.807) is 12.4 Å². The predicted octanol–water partition coefficient (Wildman–Crippen LogP) is 3.10. The normalized spacial score (nSPS) is 19.8. The highest BCUT2D eigenvalue weighted by atomic mass is 16.3. The monoisotopic (exact) mass is 407 g/mol. The SMILES string of the molecule is CCC(CC)n1cc(-c2nc(C(C=NCC3CC(O)C3)=CN)cn3nccc23)cn1. The minimum absolute atomic E-state index is 0.165. The molecule has 1 aliphatic rings. The van der Waals surface area contributed by atoms with Gasteiger partial charge in [0, 0.05) is 36.3 Å². The standard InChI is InChI=1S/C22H29N7O/c1-3-18(4-2)28-13-17(12-26-28)22-21-5-6-25-29(21)14-20(27-22)16(9-23)11-24-10-15-7-19(30)8-15/h5-6,9,11-15,18-19,30H,3-4,7-8,10,23H2,1-2H3. The van der Waals surface area contributed by atoms with Crippen LogP contribution in [0.15, 0.2) is 42.0 Å². The Kier molecular flexibility index (Phi) is 5.94. The van der Waals surface area contributed by atoms with Crippen LogP contribution in [0.1, 0.15) is 51.3 Å². The number of hydrogen-bond acceptors (Lipinski definition) is 6. The van der Waals surface area contributed by atoms with Crippen LogP contribution in [0.5, 0.6) is 0 Å². The minimum Gasteiger partial charge on any atom is -0.404 e. The lowest BCUT2D eigenvalue weighted by atomic mass is 9.83. The fourth-order valence-electron chi connectivity index (χ4n) is 3.95. The molecule has 0 aliphatic heterocycles. The van der Waals surface area contributed by atoms with Crippen LogP contribution < -0.4 is 5.73 Å². The summed E-state index contributed by atoms with van der Waals surface area (Å²) in [6, 6.07) is 2.32. The molecule has 0 spiro atoms. The molecule has 0 atom stereocenters. The van der Waals surface area contributed by atoms with Crippen molar-refractivity contribution in [3.05, 3.63) is 42.7 Å². The van der Waals surface area contributed by atoms with Gasteiger partial charge in [0.2, 0.25) is 0 Å². The lowest BCUT2D eigenvalue weighted by Crippen LogP contribution is -2.30. The average Bonchev–Trinajstić information content (AvgIpc) is 3.39. The number of aliphatic hydroxyl groups excluding tert-OH is 1. The first-order valence-corrected chi connectivity index (χ1v) is 10.6. The summed E-state index contributed by atoms with van der Waals surface area (Å²) in [6.45, 7) is 5.03. The van der Waals surface area contributed by atoms with Crippen molar-refractivity contribution >= 4 is 17.3 Å². The molecule has 0 radical (unpaired) electrons. The Morgan fingerprint density at radius 1 is 1.30 bits per heavy atom. The van der Waals surface area contributed by atoms with Gasteiger partial charge in [0.25, 0.3) is 0 Å². The van der Waals surface area contributed by atoms with Crippen LogP contribution in [0.3, 0.4) is 0 Å². The summed E-state index contributed by atoms with van der Waals surface area (Å²) < 4.78 is 3.83. The number of hydrogen-bond donors (Lipinski definition) is 2. The molecule has 1 saturated carbocycles. The van der Waals surface area contributed by atoms with Crippen molar-refractivity contribution in [1.82, 2.24) is 24.4 Å². The number of aliphatic imine (C=N–C) groups is 1. The summed E-state index contributed by atoms with van der Waals surface area (Å²) in [6.07, 6.45) is 14.4. The summed E-state index contributed by atoms with van der Waals surface area (Å²) in [7, 11) is 0. The van der Waals surface area contributed by atoms with Gasteiger partial charge in [-0.3, -0.25) is 9.67 Å². The Bertz CT molecular complexity index is 1050. The lowest BCUT2D eigenvalue weighted by molar-refractivity contribution is 0.0472. The number of aromatic nitrogens is 5. The van der Waals surface area contributed by atoms with Gasteiger partial charge in [-0.1, -0.05) is 13.8 Å². The number of rotatable bonds is 8. The number of nitrogens with two attached hydrogens (primary N) is 1. The van der Waals surface area contributed by atoms with E-state index in [0.717, 1.165) is 48.0 Å². The molecule has 3 N–H and O–H groups in total. The van der Waals surface area contributed by atoms with Gasteiger partial charge in [-0.25, -0.2) is 9.50 Å². The highest BCUT2D eigenvalue weighted by molar-refractivity contribution is 6.09. The van der Waals surface area contributed by atoms with Crippen molar-refractivity contribution in [3.8, 4) is 11.3 Å². The Balaban J connectivity index is 1.64. The van der Waals surface area contributed by atoms with E-state index in [4.69, 9.17) is 10.7 Å². The second-order valence-electron chi connectivity index (χ2n) is 7.92. The van der Waals surface area contributed by atoms with Crippen molar-refractivity contribution in [3.63, 3.8) is 0 Å². The van der Waals surface area contributed by atoms with Crippen molar-refractivity contribution in [2.24, 2.45) is 16.6 Å². The Morgan fingerprint density at radius 3 is 2.80 bits per heavy atom. The van der Waals surface area contributed by atoms with Gasteiger partial charge in [-0.2, -0.15) is 10.2 Å². The molecule has 0 bridgehead atoms. The van der Waals surface area contributed by atoms with Gasteiger partial charge >= 0.3 is 0 Å². The molecule has 0 unspecified atom stereocenters. The van der Waals surface area contributed by atoms with E-state index >= 15 is 0 Å². The van der Waals surface area contributed by atoms with Gasteiger partial charge in [0.1, 0.15) is 0 Å². The summed E-state index contributed by atoms with van der Waals surface area (Å²) in [5.41, 5.74) is 10.0. The second kappa shape index (κ2) is 8.79. The first kappa shape index (κ1) is 20.3. The maximum absolute atomic E-state index is 9.43. The first-order chi connectivity index (χ1) is 14.6. The summed E-state index contributed by atoms with van der Waals surface area (Å²) >= 11 is 0. The summed E-state index contributed by atoms with van der Waals surface area (Å²) in [4.78, 5) is 9.41. The second-order valence-corrected chi connectivity index (χ2v) is 7.92. The van der Waals surface area contributed by atoms with Crippen molar-refractivity contribution < 1.29 is 5.11 Å². The number of allylic oxidation sites excluding steroid dienone is 1. The topological polar surface area (TPSA) is 107 Å². The van der Waals surface area contributed by atoms with Crippen molar-refractivity contribution in [1.29, 1.82) is 0 Å². The predicted molar refractivity (Wildman–Crippen MR) is 118 cm³/mol. The van der Waals surface area contributed by atoms with Crippen molar-refractivity contribution in [2.75, 3.05) is 6.54 Å². The molecule has 0 saturated heterocycles. The van der Waals surface area contributed by atoms with E-state index in [9.17, 15) is 5.11 Å². The van der Waals surface area contributed by atoms with E-state index in [1.807, 2.05) is 27.7 Å².